The highest BCUT2D eigenvalue weighted by molar-refractivity contribution is 7.86. The Morgan fingerprint density at radius 3 is 1.21 bits per heavy atom. The maximum Gasteiger partial charge on any atom is 0.296 e. The number of nitrogens with one attached hydrogen (secondary N) is 2. The number of carbonyl (C=O) groups is 4. The van der Waals surface area contributed by atoms with Crippen LogP contribution in [0.5, 0.6) is 0 Å². The number of fused-ring (bicyclic) bond motifs is 4. The number of hydrogen-bond donors (Lipinski definition) is 6. The van der Waals surface area contributed by atoms with Crippen LogP contribution in [0.25, 0.3) is 0 Å². The molecule has 0 aromatic heterocycles. The molecule has 356 valence electrons. The second-order valence-electron chi connectivity index (χ2n) is 14.2. The second-order valence-corrected chi connectivity index (χ2v) is 17.0. The molecule has 66 heavy (non-hydrogen) atoms. The monoisotopic (exact) mass is 944 g/mol. The van der Waals surface area contributed by atoms with E-state index >= 15 is 0 Å². The molecule has 1 saturated carbocycles. The van der Waals surface area contributed by atoms with Crippen LogP contribution in [0, 0.1) is 0 Å². The van der Waals surface area contributed by atoms with Gasteiger partial charge in [0.1, 0.15) is 9.79 Å². The number of nitrogen functional groups attached to an aromatic ring is 2. The van der Waals surface area contributed by atoms with Gasteiger partial charge in [0.2, 0.25) is 0 Å². The van der Waals surface area contributed by atoms with Gasteiger partial charge in [0, 0.05) is 39.7 Å². The lowest BCUT2D eigenvalue weighted by atomic mass is 9.82. The van der Waals surface area contributed by atoms with Gasteiger partial charge in [0.15, 0.2) is 23.1 Å². The molecule has 0 bridgehead atoms. The fourth-order valence-electron chi connectivity index (χ4n) is 7.37. The van der Waals surface area contributed by atoms with Gasteiger partial charge >= 0.3 is 0 Å². The third-order valence-electron chi connectivity index (χ3n) is 9.97. The van der Waals surface area contributed by atoms with Crippen molar-refractivity contribution in [1.29, 1.82) is 0 Å². The van der Waals surface area contributed by atoms with Crippen LogP contribution >= 0.6 is 0 Å². The summed E-state index contributed by atoms with van der Waals surface area (Å²) in [4.78, 5) is 51.2. The standard InChI is InChI=1S/C20H20N2O5S.C20H14N2O5S.C3H8.3C2H6.CH4/c2*21-18-15(28(25,26)27)10-14(22-11-6-2-1-3-7-11)16-17(18)20(24)13-9-5-4-8-12(13)19(16)23;1-3-2;3*1-2;/h4-5,8-11,22H,1-3,6-7,21H2,(H,25,26,27);1-10,22H,21H2,(H,25,26,27);3H2,1-2H3;3*1-2H3;1H4. The quantitative estimate of drug-likeness (QED) is 0.0670. The topological polar surface area (TPSA) is 253 Å². The normalized spacial score (nSPS) is 13.4. The highest BCUT2D eigenvalue weighted by atomic mass is 32.2. The van der Waals surface area contributed by atoms with Gasteiger partial charge in [0.25, 0.3) is 20.2 Å². The van der Waals surface area contributed by atoms with E-state index in [0.29, 0.717) is 5.69 Å². The van der Waals surface area contributed by atoms with E-state index in [1.807, 2.05) is 41.5 Å². The number of anilines is 5. The molecule has 14 nitrogen and oxygen atoms in total. The number of para-hydroxylation sites is 1. The van der Waals surface area contributed by atoms with Crippen molar-refractivity contribution in [3.8, 4) is 0 Å². The van der Waals surface area contributed by atoms with E-state index in [2.05, 4.69) is 24.5 Å². The minimum Gasteiger partial charge on any atom is -0.397 e. The Hall–Kier alpha value is -6.20. The van der Waals surface area contributed by atoms with Crippen LogP contribution in [0.15, 0.2) is 101 Å². The van der Waals surface area contributed by atoms with Crippen LogP contribution in [0.2, 0.25) is 0 Å². The molecule has 8 N–H and O–H groups in total. The average molecular weight is 945 g/mol. The van der Waals surface area contributed by atoms with E-state index in [0.717, 1.165) is 44.2 Å². The summed E-state index contributed by atoms with van der Waals surface area (Å²) in [6.07, 6.45) is 6.17. The van der Waals surface area contributed by atoms with Crippen molar-refractivity contribution in [3.63, 3.8) is 0 Å². The fraction of sp³-hybridized carbons (Fsp3) is 0.320. The van der Waals surface area contributed by atoms with Gasteiger partial charge in [-0.1, -0.05) is 155 Å². The Kier molecular flexibility index (Phi) is 21.1. The molecule has 0 radical (unpaired) electrons. The minimum atomic E-state index is -4.73. The Labute approximate surface area is 390 Å². The lowest BCUT2D eigenvalue weighted by molar-refractivity contribution is 0.0980. The van der Waals surface area contributed by atoms with Crippen LogP contribution in [0.1, 0.15) is 165 Å². The molecule has 0 unspecified atom stereocenters. The van der Waals surface area contributed by atoms with Crippen LogP contribution in [0.4, 0.5) is 28.4 Å². The predicted octanol–water partition coefficient (Wildman–Crippen LogP) is 11.2. The summed E-state index contributed by atoms with van der Waals surface area (Å²) in [5.41, 5.74) is 12.3. The molecule has 0 heterocycles. The summed E-state index contributed by atoms with van der Waals surface area (Å²) in [7, 11) is -9.41. The second kappa shape index (κ2) is 24.9. The number of benzene rings is 5. The van der Waals surface area contributed by atoms with Crippen LogP contribution in [-0.4, -0.2) is 55.1 Å². The van der Waals surface area contributed by atoms with E-state index in [1.165, 1.54) is 24.6 Å². The summed E-state index contributed by atoms with van der Waals surface area (Å²) >= 11 is 0. The molecule has 1 fully saturated rings. The van der Waals surface area contributed by atoms with Gasteiger partial charge in [-0.25, -0.2) is 0 Å². The Morgan fingerprint density at radius 1 is 0.530 bits per heavy atom. The van der Waals surface area contributed by atoms with Gasteiger partial charge in [-0.05, 0) is 37.1 Å². The highest BCUT2D eigenvalue weighted by Gasteiger charge is 2.38. The van der Waals surface area contributed by atoms with Crippen LogP contribution in [0.3, 0.4) is 0 Å². The summed E-state index contributed by atoms with van der Waals surface area (Å²) < 4.78 is 66.6. The molecule has 0 saturated heterocycles. The first-order valence-corrected chi connectivity index (χ1v) is 24.7. The van der Waals surface area contributed by atoms with Gasteiger partial charge < -0.3 is 22.1 Å². The zero-order valence-electron chi connectivity index (χ0n) is 38.1. The van der Waals surface area contributed by atoms with E-state index in [4.69, 9.17) is 11.5 Å². The molecular formula is C50H64N4O10S2. The molecule has 5 aromatic carbocycles. The van der Waals surface area contributed by atoms with E-state index in [9.17, 15) is 45.1 Å². The third-order valence-corrected chi connectivity index (χ3v) is 11.8. The van der Waals surface area contributed by atoms with E-state index < -0.39 is 64.5 Å². The van der Waals surface area contributed by atoms with Gasteiger partial charge in [-0.15, -0.1) is 0 Å². The molecule has 0 atom stereocenters. The summed E-state index contributed by atoms with van der Waals surface area (Å²) in [6, 6.07) is 23.6. The molecule has 0 amide bonds. The zero-order valence-corrected chi connectivity index (χ0v) is 39.7. The van der Waals surface area contributed by atoms with Crippen molar-refractivity contribution >= 4 is 71.8 Å². The highest BCUT2D eigenvalue weighted by Crippen LogP contribution is 2.41. The maximum atomic E-state index is 13.2. The van der Waals surface area contributed by atoms with Crippen molar-refractivity contribution < 1.29 is 45.1 Å². The van der Waals surface area contributed by atoms with Crippen LogP contribution in [-0.2, 0) is 20.2 Å². The van der Waals surface area contributed by atoms with Gasteiger partial charge in [-0.2, -0.15) is 16.8 Å². The van der Waals surface area contributed by atoms with E-state index in [1.54, 1.807) is 60.7 Å². The molecule has 0 spiro atoms. The molecule has 3 aliphatic rings. The minimum absolute atomic E-state index is 0. The lowest BCUT2D eigenvalue weighted by Gasteiger charge is -2.28. The number of hydrogen-bond acceptors (Lipinski definition) is 12. The van der Waals surface area contributed by atoms with Crippen molar-refractivity contribution in [2.75, 3.05) is 22.1 Å². The summed E-state index contributed by atoms with van der Waals surface area (Å²) in [6.45, 7) is 16.2. The molecule has 16 heteroatoms. The maximum absolute atomic E-state index is 13.2. The Bertz CT molecular complexity index is 2750. The predicted molar refractivity (Wildman–Crippen MR) is 265 cm³/mol. The van der Waals surface area contributed by atoms with Crippen molar-refractivity contribution in [1.82, 2.24) is 0 Å². The van der Waals surface area contributed by atoms with Crippen molar-refractivity contribution in [2.45, 2.75) is 117 Å². The molecule has 3 aliphatic carbocycles. The first-order chi connectivity index (χ1) is 31.0. The third kappa shape index (κ3) is 12.2. The zero-order chi connectivity index (χ0) is 48.8. The number of nitrogens with two attached hydrogens (primary N) is 2. The SMILES string of the molecule is C.CC.CC.CC.CCC.Nc1c(S(=O)(=O)O)cc(NC2CCCCC2)c2c1C(=O)c1ccccc1C2=O.Nc1c(S(=O)(=O)O)cc(Nc2ccccc2)c2c1C(=O)c1ccccc1C2=O. The molecular weight excluding hydrogens is 881 g/mol. The molecule has 5 aromatic rings. The molecule has 8 rings (SSSR count). The van der Waals surface area contributed by atoms with Gasteiger partial charge in [0.05, 0.1) is 39.3 Å². The summed E-state index contributed by atoms with van der Waals surface area (Å²) in [5, 5.41) is 6.18. The first kappa shape index (κ1) is 55.9. The van der Waals surface area contributed by atoms with Gasteiger partial charge in [-0.3, -0.25) is 28.3 Å². The van der Waals surface area contributed by atoms with Crippen LogP contribution < -0.4 is 22.1 Å². The number of carbonyl (C=O) groups excluding carboxylic acids is 4. The van der Waals surface area contributed by atoms with Crippen molar-refractivity contribution in [2.24, 2.45) is 0 Å². The van der Waals surface area contributed by atoms with E-state index in [-0.39, 0.29) is 69.4 Å². The number of ketones is 4. The number of rotatable bonds is 6. The fourth-order valence-corrected chi connectivity index (χ4v) is 8.66. The smallest absolute Gasteiger partial charge is 0.296 e. The molecule has 0 aliphatic heterocycles. The Balaban J connectivity index is 0.000000382. The largest absolute Gasteiger partial charge is 0.397 e. The average Bonchev–Trinajstić information content (AvgIpc) is 3.30. The summed E-state index contributed by atoms with van der Waals surface area (Å²) in [5.74, 6) is -1.96. The lowest BCUT2D eigenvalue weighted by Crippen LogP contribution is -2.28. The Morgan fingerprint density at radius 2 is 0.848 bits per heavy atom. The van der Waals surface area contributed by atoms with Crippen molar-refractivity contribution in [3.05, 3.63) is 136 Å². The first-order valence-electron chi connectivity index (χ1n) is 21.8.